The van der Waals surface area contributed by atoms with Crippen LogP contribution in [0.25, 0.3) is 11.1 Å². The Morgan fingerprint density at radius 3 is 2.61 bits per heavy atom. The summed E-state index contributed by atoms with van der Waals surface area (Å²) in [6.45, 7) is 0.518. The lowest BCUT2D eigenvalue weighted by Gasteiger charge is -2.28. The van der Waals surface area contributed by atoms with Crippen molar-refractivity contribution < 1.29 is 9.57 Å². The number of hydroxylamine groups is 2. The normalized spacial score (nSPS) is 22.3. The lowest BCUT2D eigenvalue weighted by atomic mass is 9.87. The fourth-order valence-corrected chi connectivity index (χ4v) is 4.28. The molecule has 154 valence electrons. The molecular weight excluding hydrogens is 388 g/mol. The number of ether oxygens (including phenoxy) is 1. The molecule has 3 aromatic rings. The molecule has 1 spiro atoms. The third-order valence-corrected chi connectivity index (χ3v) is 5.87. The molecule has 0 radical (unpaired) electrons. The van der Waals surface area contributed by atoms with Crippen molar-refractivity contribution in [3.8, 4) is 22.9 Å². The van der Waals surface area contributed by atoms with Crippen molar-refractivity contribution in [3.63, 3.8) is 0 Å². The van der Waals surface area contributed by atoms with Gasteiger partial charge in [-0.3, -0.25) is 0 Å². The first-order valence-corrected chi connectivity index (χ1v) is 10.2. The van der Waals surface area contributed by atoms with Gasteiger partial charge in [0, 0.05) is 19.4 Å². The van der Waals surface area contributed by atoms with Gasteiger partial charge in [-0.2, -0.15) is 5.26 Å². The van der Waals surface area contributed by atoms with Gasteiger partial charge < -0.3 is 10.5 Å². The first-order valence-electron chi connectivity index (χ1n) is 10.2. The highest BCUT2D eigenvalue weighted by atomic mass is 16.7. The van der Waals surface area contributed by atoms with Crippen molar-refractivity contribution in [2.75, 3.05) is 13.7 Å². The van der Waals surface area contributed by atoms with Gasteiger partial charge in [-0.1, -0.05) is 48.5 Å². The maximum Gasteiger partial charge on any atom is 0.218 e. The van der Waals surface area contributed by atoms with E-state index < -0.39 is 5.72 Å². The Morgan fingerprint density at radius 2 is 1.87 bits per heavy atom. The molecule has 0 amide bonds. The van der Waals surface area contributed by atoms with Crippen LogP contribution in [0.1, 0.15) is 29.0 Å². The van der Waals surface area contributed by atoms with Crippen LogP contribution in [0.15, 0.2) is 77.8 Å². The van der Waals surface area contributed by atoms with Crippen LogP contribution < -0.4 is 10.5 Å². The first-order chi connectivity index (χ1) is 15.1. The zero-order valence-electron chi connectivity index (χ0n) is 17.2. The topological polar surface area (TPSA) is 83.9 Å². The zero-order chi connectivity index (χ0) is 21.4. The number of fused-ring (bicyclic) bond motifs is 2. The van der Waals surface area contributed by atoms with Crippen LogP contribution in [0.3, 0.4) is 0 Å². The maximum absolute atomic E-state index is 9.27. The molecule has 1 unspecified atom stereocenters. The monoisotopic (exact) mass is 410 g/mol. The zero-order valence-corrected chi connectivity index (χ0v) is 17.2. The average molecular weight is 410 g/mol. The molecular formula is C25H22N4O2. The fraction of sp³-hybridized carbons (Fsp3) is 0.200. The molecule has 2 atom stereocenters. The molecule has 0 fully saturated rings. The van der Waals surface area contributed by atoms with E-state index in [-0.39, 0.29) is 5.92 Å². The van der Waals surface area contributed by atoms with E-state index in [0.29, 0.717) is 24.6 Å². The number of hydrogen-bond donors (Lipinski definition) is 1. The molecule has 2 heterocycles. The molecule has 2 aliphatic rings. The third kappa shape index (κ3) is 3.39. The predicted molar refractivity (Wildman–Crippen MR) is 118 cm³/mol. The van der Waals surface area contributed by atoms with E-state index >= 15 is 0 Å². The van der Waals surface area contributed by atoms with Gasteiger partial charge in [-0.05, 0) is 41.0 Å². The van der Waals surface area contributed by atoms with E-state index in [9.17, 15) is 5.26 Å². The molecule has 5 rings (SSSR count). The minimum absolute atomic E-state index is 0.0852. The quantitative estimate of drug-likeness (QED) is 0.687. The van der Waals surface area contributed by atoms with Crippen molar-refractivity contribution in [2.24, 2.45) is 10.7 Å². The molecule has 0 saturated heterocycles. The van der Waals surface area contributed by atoms with E-state index in [1.165, 1.54) is 10.6 Å². The number of hydrogen-bond acceptors (Lipinski definition) is 6. The lowest BCUT2D eigenvalue weighted by molar-refractivity contribution is -0.177. The SMILES string of the molecule is CN1O[C@]2(CC(c3ccccc3)COc3ccc(-c4cccc(C#N)c4)cc32)N=C1N. The maximum atomic E-state index is 9.27. The highest BCUT2D eigenvalue weighted by Gasteiger charge is 2.47. The van der Waals surface area contributed by atoms with Crippen molar-refractivity contribution in [1.29, 1.82) is 5.26 Å². The van der Waals surface area contributed by atoms with Gasteiger partial charge in [0.25, 0.3) is 0 Å². The summed E-state index contributed by atoms with van der Waals surface area (Å²) in [5.74, 6) is 1.14. The largest absolute Gasteiger partial charge is 0.492 e. The summed E-state index contributed by atoms with van der Waals surface area (Å²) < 4.78 is 6.25. The lowest BCUT2D eigenvalue weighted by Crippen LogP contribution is -2.32. The number of nitriles is 1. The van der Waals surface area contributed by atoms with Gasteiger partial charge in [-0.15, -0.1) is 0 Å². The summed E-state index contributed by atoms with van der Waals surface area (Å²) in [6.07, 6.45) is 0.594. The van der Waals surface area contributed by atoms with E-state index in [1.807, 2.05) is 54.6 Å². The molecule has 0 aromatic heterocycles. The molecule has 2 N–H and O–H groups in total. The molecule has 3 aromatic carbocycles. The van der Waals surface area contributed by atoms with Crippen LogP contribution in [0.5, 0.6) is 5.75 Å². The van der Waals surface area contributed by atoms with Crippen LogP contribution in [0, 0.1) is 11.3 Å². The van der Waals surface area contributed by atoms with Crippen LogP contribution >= 0.6 is 0 Å². The van der Waals surface area contributed by atoms with Crippen LogP contribution in [0.4, 0.5) is 0 Å². The van der Waals surface area contributed by atoms with Crippen LogP contribution in [-0.2, 0) is 10.6 Å². The summed E-state index contributed by atoms with van der Waals surface area (Å²) in [5.41, 5.74) is 9.68. The van der Waals surface area contributed by atoms with Crippen LogP contribution in [-0.4, -0.2) is 24.7 Å². The number of guanidine groups is 1. The summed E-state index contributed by atoms with van der Waals surface area (Å²) in [5, 5.41) is 10.8. The van der Waals surface area contributed by atoms with Gasteiger partial charge in [0.2, 0.25) is 11.7 Å². The smallest absolute Gasteiger partial charge is 0.218 e. The predicted octanol–water partition coefficient (Wildman–Crippen LogP) is 4.14. The minimum atomic E-state index is -0.978. The second-order valence-corrected chi connectivity index (χ2v) is 7.87. The molecule has 6 heteroatoms. The Labute approximate surface area is 181 Å². The molecule has 0 aliphatic carbocycles. The van der Waals surface area contributed by atoms with E-state index in [0.717, 1.165) is 22.4 Å². The Kier molecular flexibility index (Phi) is 4.61. The van der Waals surface area contributed by atoms with Crippen molar-refractivity contribution in [1.82, 2.24) is 5.06 Å². The molecule has 2 aliphatic heterocycles. The number of rotatable bonds is 2. The van der Waals surface area contributed by atoms with Gasteiger partial charge in [0.1, 0.15) is 5.75 Å². The minimum Gasteiger partial charge on any atom is -0.492 e. The van der Waals surface area contributed by atoms with E-state index in [2.05, 4.69) is 18.2 Å². The van der Waals surface area contributed by atoms with Crippen molar-refractivity contribution in [3.05, 3.63) is 89.5 Å². The second kappa shape index (κ2) is 7.46. The number of nitrogens with two attached hydrogens (primary N) is 1. The summed E-state index contributed by atoms with van der Waals surface area (Å²) >= 11 is 0. The molecule has 6 nitrogen and oxygen atoms in total. The van der Waals surface area contributed by atoms with Crippen molar-refractivity contribution in [2.45, 2.75) is 18.1 Å². The highest BCUT2D eigenvalue weighted by Crippen LogP contribution is 2.48. The average Bonchev–Trinajstić information content (AvgIpc) is 3.01. The second-order valence-electron chi connectivity index (χ2n) is 7.87. The highest BCUT2D eigenvalue weighted by molar-refractivity contribution is 5.79. The van der Waals surface area contributed by atoms with Crippen LogP contribution in [0.2, 0.25) is 0 Å². The summed E-state index contributed by atoms with van der Waals surface area (Å²) in [4.78, 5) is 11.0. The fourth-order valence-electron chi connectivity index (χ4n) is 4.28. The molecule has 0 saturated carbocycles. The van der Waals surface area contributed by atoms with Gasteiger partial charge in [-0.25, -0.2) is 14.9 Å². The Balaban J connectivity index is 1.63. The number of nitrogens with zero attached hydrogens (tertiary/aromatic N) is 3. The first kappa shape index (κ1) is 19.2. The van der Waals surface area contributed by atoms with Crippen molar-refractivity contribution >= 4 is 5.96 Å². The third-order valence-electron chi connectivity index (χ3n) is 5.87. The summed E-state index contributed by atoms with van der Waals surface area (Å²) in [7, 11) is 1.76. The number of aliphatic imine (C=N–C) groups is 1. The Hall–Kier alpha value is -3.82. The van der Waals surface area contributed by atoms with Gasteiger partial charge >= 0.3 is 0 Å². The Morgan fingerprint density at radius 1 is 1.06 bits per heavy atom. The van der Waals surface area contributed by atoms with Gasteiger partial charge in [0.05, 0.1) is 23.8 Å². The van der Waals surface area contributed by atoms with E-state index in [4.69, 9.17) is 20.3 Å². The standard InChI is InChI=1S/C25H22N4O2/c1-29-24(27)28-25(31-29)14-21(18-7-3-2-4-8-18)16-30-23-11-10-20(13-22(23)25)19-9-5-6-17(12-19)15-26/h2-13,21H,14,16H2,1H3,(H2,27,28)/t21?,25-/m0/s1. The molecule has 31 heavy (non-hydrogen) atoms. The number of benzene rings is 3. The van der Waals surface area contributed by atoms with Gasteiger partial charge in [0.15, 0.2) is 0 Å². The Bertz CT molecular complexity index is 1200. The molecule has 0 bridgehead atoms. The summed E-state index contributed by atoms with van der Waals surface area (Å²) in [6, 6.07) is 26.0. The van der Waals surface area contributed by atoms with E-state index in [1.54, 1.807) is 13.1 Å².